The normalized spacial score (nSPS) is 16.5. The van der Waals surface area contributed by atoms with E-state index >= 15 is 0 Å². The molecule has 1 aliphatic rings. The van der Waals surface area contributed by atoms with Crippen molar-refractivity contribution >= 4 is 23.7 Å². The number of thioether (sulfide) groups is 1. The van der Waals surface area contributed by atoms with Crippen LogP contribution in [0.5, 0.6) is 0 Å². The molecule has 0 saturated carbocycles. The van der Waals surface area contributed by atoms with E-state index < -0.39 is 12.1 Å². The molecule has 0 unspecified atom stereocenters. The first-order chi connectivity index (χ1) is 12.0. The van der Waals surface area contributed by atoms with Gasteiger partial charge >= 0.3 is 6.03 Å². The number of benzene rings is 1. The zero-order valence-electron chi connectivity index (χ0n) is 15.1. The van der Waals surface area contributed by atoms with Gasteiger partial charge in [-0.2, -0.15) is 11.8 Å². The van der Waals surface area contributed by atoms with Gasteiger partial charge in [0.2, 0.25) is 5.91 Å². The molecule has 7 heteroatoms. The number of aryl methyl sites for hydroxylation is 1. The van der Waals surface area contributed by atoms with Crippen molar-refractivity contribution in [2.24, 2.45) is 5.73 Å². The minimum Gasteiger partial charge on any atom is -0.352 e. The Balaban J connectivity index is 1.88. The molecule has 1 aliphatic heterocycles. The Kier molecular flexibility index (Phi) is 7.58. The molecule has 1 saturated heterocycles. The van der Waals surface area contributed by atoms with Crippen LogP contribution >= 0.6 is 11.8 Å². The quantitative estimate of drug-likeness (QED) is 0.637. The zero-order chi connectivity index (χ0) is 18.2. The van der Waals surface area contributed by atoms with Crippen LogP contribution in [0.3, 0.4) is 0 Å². The standard InChI is InChI=1S/C18H28N4O2S/c1-14-5-3-4-6-15(14)13-21-8-10-22(11-9-21)17(23)16(7-12-25-2)20-18(19)24/h3-6,16H,7-13H2,1-2H3,(H3,19,20,24)/p+1/t16-/m1/s1. The largest absolute Gasteiger partial charge is 0.352 e. The SMILES string of the molecule is CSCC[C@@H](NC(N)=O)C(=O)N1CC[NH+](Cc2ccccc2C)CC1. The molecule has 1 atom stereocenters. The van der Waals surface area contributed by atoms with Gasteiger partial charge in [-0.25, -0.2) is 4.79 Å². The number of primary amides is 1. The van der Waals surface area contributed by atoms with Gasteiger partial charge in [0.15, 0.2) is 0 Å². The number of carbonyl (C=O) groups excluding carboxylic acids is 2. The van der Waals surface area contributed by atoms with E-state index in [1.165, 1.54) is 16.0 Å². The van der Waals surface area contributed by atoms with E-state index in [0.29, 0.717) is 6.42 Å². The summed E-state index contributed by atoms with van der Waals surface area (Å²) < 4.78 is 0. The van der Waals surface area contributed by atoms with Crippen molar-refractivity contribution in [1.29, 1.82) is 0 Å². The number of piperazine rings is 1. The van der Waals surface area contributed by atoms with E-state index in [-0.39, 0.29) is 5.91 Å². The van der Waals surface area contributed by atoms with Crippen molar-refractivity contribution in [1.82, 2.24) is 10.2 Å². The van der Waals surface area contributed by atoms with Gasteiger partial charge in [-0.3, -0.25) is 4.79 Å². The van der Waals surface area contributed by atoms with Crippen molar-refractivity contribution in [2.75, 3.05) is 38.2 Å². The van der Waals surface area contributed by atoms with Crippen molar-refractivity contribution in [2.45, 2.75) is 25.9 Å². The van der Waals surface area contributed by atoms with E-state index in [1.54, 1.807) is 11.8 Å². The van der Waals surface area contributed by atoms with Crippen molar-refractivity contribution in [3.8, 4) is 0 Å². The molecule has 138 valence electrons. The number of carbonyl (C=O) groups is 2. The zero-order valence-corrected chi connectivity index (χ0v) is 15.9. The van der Waals surface area contributed by atoms with Crippen LogP contribution in [0.25, 0.3) is 0 Å². The Hall–Kier alpha value is -1.73. The highest BCUT2D eigenvalue weighted by Crippen LogP contribution is 2.07. The highest BCUT2D eigenvalue weighted by Gasteiger charge is 2.29. The van der Waals surface area contributed by atoms with E-state index in [4.69, 9.17) is 5.73 Å². The van der Waals surface area contributed by atoms with Gasteiger partial charge in [-0.1, -0.05) is 24.3 Å². The molecule has 0 aliphatic carbocycles. The third-order valence-corrected chi connectivity index (χ3v) is 5.35. The third-order valence-electron chi connectivity index (χ3n) is 4.71. The molecule has 1 fully saturated rings. The summed E-state index contributed by atoms with van der Waals surface area (Å²) in [6.07, 6.45) is 2.60. The number of hydrogen-bond acceptors (Lipinski definition) is 3. The number of urea groups is 1. The third kappa shape index (κ3) is 5.93. The van der Waals surface area contributed by atoms with Crippen LogP contribution in [-0.2, 0) is 11.3 Å². The number of hydrogen-bond donors (Lipinski definition) is 3. The Morgan fingerprint density at radius 2 is 2.00 bits per heavy atom. The van der Waals surface area contributed by atoms with Gasteiger partial charge in [0, 0.05) is 5.56 Å². The maximum absolute atomic E-state index is 12.7. The van der Waals surface area contributed by atoms with Crippen LogP contribution in [-0.4, -0.2) is 61.1 Å². The predicted octanol–water partition coefficient (Wildman–Crippen LogP) is 0.0121. The summed E-state index contributed by atoms with van der Waals surface area (Å²) in [4.78, 5) is 27.2. The van der Waals surface area contributed by atoms with Gasteiger partial charge in [-0.15, -0.1) is 0 Å². The second-order valence-electron chi connectivity index (χ2n) is 6.52. The summed E-state index contributed by atoms with van der Waals surface area (Å²) in [7, 11) is 0. The summed E-state index contributed by atoms with van der Waals surface area (Å²) >= 11 is 1.66. The first-order valence-electron chi connectivity index (χ1n) is 8.73. The number of nitrogens with two attached hydrogens (primary N) is 1. The van der Waals surface area contributed by atoms with Gasteiger partial charge < -0.3 is 20.9 Å². The predicted molar refractivity (Wildman–Crippen MR) is 102 cm³/mol. The van der Waals surface area contributed by atoms with Crippen LogP contribution in [0, 0.1) is 6.92 Å². The monoisotopic (exact) mass is 365 g/mol. The lowest BCUT2D eigenvalue weighted by atomic mass is 10.1. The molecule has 25 heavy (non-hydrogen) atoms. The second kappa shape index (κ2) is 9.68. The number of quaternary nitrogens is 1. The van der Waals surface area contributed by atoms with Crippen molar-refractivity contribution in [3.63, 3.8) is 0 Å². The van der Waals surface area contributed by atoms with Crippen LogP contribution in [0.4, 0.5) is 4.79 Å². The minimum atomic E-state index is -0.636. The molecule has 1 heterocycles. The van der Waals surface area contributed by atoms with Gasteiger partial charge in [0.1, 0.15) is 12.6 Å². The average molecular weight is 366 g/mol. The number of nitrogens with zero attached hydrogens (tertiary/aromatic N) is 1. The second-order valence-corrected chi connectivity index (χ2v) is 7.51. The summed E-state index contributed by atoms with van der Waals surface area (Å²) in [6.45, 7) is 6.41. The molecule has 1 aromatic carbocycles. The highest BCUT2D eigenvalue weighted by molar-refractivity contribution is 7.98. The van der Waals surface area contributed by atoms with E-state index in [0.717, 1.165) is 38.5 Å². The first kappa shape index (κ1) is 19.6. The minimum absolute atomic E-state index is 0.0113. The fourth-order valence-electron chi connectivity index (χ4n) is 3.18. The number of amides is 3. The lowest BCUT2D eigenvalue weighted by Crippen LogP contribution is -3.13. The summed E-state index contributed by atoms with van der Waals surface area (Å²) in [5.41, 5.74) is 7.91. The Labute approximate surface area is 154 Å². The average Bonchev–Trinajstić information content (AvgIpc) is 2.60. The molecule has 0 aromatic heterocycles. The molecular formula is C18H29N4O2S+. The maximum atomic E-state index is 12.7. The first-order valence-corrected chi connectivity index (χ1v) is 10.1. The van der Waals surface area contributed by atoms with Crippen molar-refractivity contribution in [3.05, 3.63) is 35.4 Å². The molecule has 0 spiro atoms. The summed E-state index contributed by atoms with van der Waals surface area (Å²) in [5.74, 6) is 0.803. The number of rotatable bonds is 7. The molecule has 4 N–H and O–H groups in total. The lowest BCUT2D eigenvalue weighted by molar-refractivity contribution is -0.917. The molecular weight excluding hydrogens is 336 g/mol. The van der Waals surface area contributed by atoms with Gasteiger partial charge in [-0.05, 0) is 30.9 Å². The van der Waals surface area contributed by atoms with Crippen molar-refractivity contribution < 1.29 is 14.5 Å². The topological polar surface area (TPSA) is 79.9 Å². The smallest absolute Gasteiger partial charge is 0.312 e. The Morgan fingerprint density at radius 1 is 1.32 bits per heavy atom. The molecule has 0 bridgehead atoms. The van der Waals surface area contributed by atoms with Crippen LogP contribution in [0.1, 0.15) is 17.5 Å². The van der Waals surface area contributed by atoms with E-state index in [2.05, 4.69) is 36.5 Å². The summed E-state index contributed by atoms with van der Waals surface area (Å²) in [5, 5.41) is 2.60. The van der Waals surface area contributed by atoms with Crippen LogP contribution in [0.15, 0.2) is 24.3 Å². The lowest BCUT2D eigenvalue weighted by Gasteiger charge is -2.34. The van der Waals surface area contributed by atoms with E-state index in [9.17, 15) is 9.59 Å². The number of nitrogens with one attached hydrogen (secondary N) is 2. The Bertz CT molecular complexity index is 588. The fraction of sp³-hybridized carbons (Fsp3) is 0.556. The molecule has 2 rings (SSSR count). The molecule has 6 nitrogen and oxygen atoms in total. The molecule has 0 radical (unpaired) electrons. The van der Waals surface area contributed by atoms with Crippen LogP contribution < -0.4 is 16.0 Å². The van der Waals surface area contributed by atoms with Crippen LogP contribution in [0.2, 0.25) is 0 Å². The highest BCUT2D eigenvalue weighted by atomic mass is 32.2. The molecule has 3 amide bonds. The van der Waals surface area contributed by atoms with E-state index in [1.807, 2.05) is 11.2 Å². The van der Waals surface area contributed by atoms with Gasteiger partial charge in [0.25, 0.3) is 0 Å². The van der Waals surface area contributed by atoms with Gasteiger partial charge in [0.05, 0.1) is 26.2 Å². The molecule has 1 aromatic rings. The Morgan fingerprint density at radius 3 is 2.60 bits per heavy atom. The maximum Gasteiger partial charge on any atom is 0.312 e. The fourth-order valence-corrected chi connectivity index (χ4v) is 3.65. The summed E-state index contributed by atoms with van der Waals surface area (Å²) in [6, 6.07) is 7.31.